The van der Waals surface area contributed by atoms with Gasteiger partial charge < -0.3 is 15.6 Å². The van der Waals surface area contributed by atoms with E-state index in [1.165, 1.54) is 11.8 Å². The first kappa shape index (κ1) is 12.7. The molecule has 5 heteroatoms. The lowest BCUT2D eigenvalue weighted by Gasteiger charge is -2.10. The van der Waals surface area contributed by atoms with Gasteiger partial charge in [0.05, 0.1) is 12.7 Å². The molecular formula is C8H17NO3S. The molecule has 0 aliphatic heterocycles. The molecule has 4 nitrogen and oxygen atoms in total. The Morgan fingerprint density at radius 3 is 2.69 bits per heavy atom. The molecule has 0 aromatic heterocycles. The fourth-order valence-electron chi connectivity index (χ4n) is 0.683. The zero-order chi connectivity index (χ0) is 10.3. The first-order chi connectivity index (χ1) is 6.07. The van der Waals surface area contributed by atoms with Crippen molar-refractivity contribution in [2.45, 2.75) is 26.0 Å². The molecular weight excluding hydrogens is 190 g/mol. The average Bonchev–Trinajstić information content (AvgIpc) is 2.04. The molecule has 13 heavy (non-hydrogen) atoms. The summed E-state index contributed by atoms with van der Waals surface area (Å²) >= 11 is 1.45. The van der Waals surface area contributed by atoms with Gasteiger partial charge in [-0.2, -0.15) is 11.8 Å². The van der Waals surface area contributed by atoms with Crippen LogP contribution in [0, 0.1) is 0 Å². The molecule has 0 radical (unpaired) electrons. The molecule has 0 rings (SSSR count). The minimum Gasteiger partial charge on any atom is -0.465 e. The summed E-state index contributed by atoms with van der Waals surface area (Å²) in [7, 11) is 0. The lowest BCUT2D eigenvalue weighted by atomic mass is 10.4. The van der Waals surface area contributed by atoms with Crippen LogP contribution in [0.15, 0.2) is 0 Å². The van der Waals surface area contributed by atoms with E-state index in [-0.39, 0.29) is 12.1 Å². The number of thioether (sulfide) groups is 1. The maximum atomic E-state index is 11.0. The Kier molecular flexibility index (Phi) is 7.03. The summed E-state index contributed by atoms with van der Waals surface area (Å²) in [4.78, 5) is 11.0. The van der Waals surface area contributed by atoms with Crippen molar-refractivity contribution in [3.63, 3.8) is 0 Å². The average molecular weight is 207 g/mol. The van der Waals surface area contributed by atoms with Crippen LogP contribution in [0.2, 0.25) is 0 Å². The van der Waals surface area contributed by atoms with Gasteiger partial charge in [0.2, 0.25) is 0 Å². The summed E-state index contributed by atoms with van der Waals surface area (Å²) in [6.45, 7) is 3.80. The molecule has 2 atom stereocenters. The second-order valence-corrected chi connectivity index (χ2v) is 3.82. The van der Waals surface area contributed by atoms with Crippen LogP contribution < -0.4 is 5.73 Å². The van der Waals surface area contributed by atoms with Gasteiger partial charge in [0.15, 0.2) is 0 Å². The summed E-state index contributed by atoms with van der Waals surface area (Å²) in [5, 5.41) is 8.93. The highest BCUT2D eigenvalue weighted by Crippen LogP contribution is 2.04. The number of esters is 1. The van der Waals surface area contributed by atoms with E-state index in [2.05, 4.69) is 0 Å². The predicted molar refractivity (Wildman–Crippen MR) is 53.6 cm³/mol. The Balaban J connectivity index is 3.49. The molecule has 2 unspecified atom stereocenters. The van der Waals surface area contributed by atoms with E-state index in [4.69, 9.17) is 15.6 Å². The minimum atomic E-state index is -0.580. The van der Waals surface area contributed by atoms with Gasteiger partial charge in [-0.1, -0.05) is 0 Å². The molecule has 0 aliphatic rings. The first-order valence-electron chi connectivity index (χ1n) is 4.26. The number of aliphatic hydroxyl groups is 1. The van der Waals surface area contributed by atoms with Gasteiger partial charge in [0, 0.05) is 11.5 Å². The normalized spacial score (nSPS) is 15.1. The van der Waals surface area contributed by atoms with Gasteiger partial charge in [-0.25, -0.2) is 0 Å². The third kappa shape index (κ3) is 6.86. The largest absolute Gasteiger partial charge is 0.465 e. The van der Waals surface area contributed by atoms with Crippen molar-refractivity contribution >= 4 is 17.7 Å². The van der Waals surface area contributed by atoms with Crippen LogP contribution >= 0.6 is 11.8 Å². The van der Waals surface area contributed by atoms with Crippen molar-refractivity contribution in [2.75, 3.05) is 18.1 Å². The van der Waals surface area contributed by atoms with Gasteiger partial charge in [0.25, 0.3) is 0 Å². The first-order valence-corrected chi connectivity index (χ1v) is 5.41. The van der Waals surface area contributed by atoms with Crippen molar-refractivity contribution in [1.82, 2.24) is 0 Å². The highest BCUT2D eigenvalue weighted by molar-refractivity contribution is 7.99. The predicted octanol–water partition coefficient (Wildman–Crippen LogP) is -0.00920. The number of rotatable bonds is 6. The number of aliphatic hydroxyl groups excluding tert-OH is 1. The quantitative estimate of drug-likeness (QED) is 0.599. The fraction of sp³-hybridized carbons (Fsp3) is 0.875. The topological polar surface area (TPSA) is 72.5 Å². The SMILES string of the molecule is CCOC(=O)C(N)CSCC(C)O. The standard InChI is InChI=1S/C8H17NO3S/c1-3-12-8(11)7(9)5-13-4-6(2)10/h6-7,10H,3-5,9H2,1-2H3. The molecule has 0 saturated heterocycles. The number of nitrogens with two attached hydrogens (primary N) is 1. The molecule has 0 spiro atoms. The lowest BCUT2D eigenvalue weighted by Crippen LogP contribution is -2.34. The summed E-state index contributed by atoms with van der Waals surface area (Å²) in [6.07, 6.45) is -0.362. The van der Waals surface area contributed by atoms with Crippen LogP contribution in [0.4, 0.5) is 0 Å². The Hall–Kier alpha value is -0.260. The molecule has 0 fully saturated rings. The van der Waals surface area contributed by atoms with E-state index in [9.17, 15) is 4.79 Å². The van der Waals surface area contributed by atoms with Crippen LogP contribution in [0.3, 0.4) is 0 Å². The third-order valence-corrected chi connectivity index (χ3v) is 2.56. The van der Waals surface area contributed by atoms with Crippen LogP contribution in [0.25, 0.3) is 0 Å². The number of ether oxygens (including phenoxy) is 1. The molecule has 0 aliphatic carbocycles. The number of carbonyl (C=O) groups excluding carboxylic acids is 1. The number of hydrogen-bond acceptors (Lipinski definition) is 5. The van der Waals surface area contributed by atoms with E-state index in [0.717, 1.165) is 0 Å². The third-order valence-electron chi connectivity index (χ3n) is 1.25. The van der Waals surface area contributed by atoms with Crippen molar-refractivity contribution in [1.29, 1.82) is 0 Å². The van der Waals surface area contributed by atoms with Gasteiger partial charge in [0.1, 0.15) is 6.04 Å². The number of hydrogen-bond donors (Lipinski definition) is 2. The second-order valence-electron chi connectivity index (χ2n) is 2.75. The van der Waals surface area contributed by atoms with Crippen LogP contribution in [0.1, 0.15) is 13.8 Å². The fourth-order valence-corrected chi connectivity index (χ4v) is 1.55. The van der Waals surface area contributed by atoms with Crippen molar-refractivity contribution < 1.29 is 14.6 Å². The molecule has 0 aromatic rings. The van der Waals surface area contributed by atoms with E-state index in [0.29, 0.717) is 18.1 Å². The Morgan fingerprint density at radius 1 is 1.62 bits per heavy atom. The monoisotopic (exact) mass is 207 g/mol. The van der Waals surface area contributed by atoms with E-state index >= 15 is 0 Å². The molecule has 78 valence electrons. The summed E-state index contributed by atoms with van der Waals surface area (Å²) < 4.78 is 4.72. The molecule has 0 heterocycles. The molecule has 0 aromatic carbocycles. The second kappa shape index (κ2) is 7.17. The molecule has 3 N–H and O–H groups in total. The van der Waals surface area contributed by atoms with Gasteiger partial charge in [-0.3, -0.25) is 4.79 Å². The molecule has 0 amide bonds. The Labute approximate surface area is 82.8 Å². The van der Waals surface area contributed by atoms with Crippen molar-refractivity contribution in [3.8, 4) is 0 Å². The Bertz CT molecular complexity index is 152. The van der Waals surface area contributed by atoms with Crippen LogP contribution in [-0.2, 0) is 9.53 Å². The Morgan fingerprint density at radius 2 is 2.23 bits per heavy atom. The smallest absolute Gasteiger partial charge is 0.323 e. The van der Waals surface area contributed by atoms with E-state index in [1.54, 1.807) is 13.8 Å². The van der Waals surface area contributed by atoms with Crippen LogP contribution in [-0.4, -0.2) is 41.3 Å². The molecule has 0 saturated carbocycles. The van der Waals surface area contributed by atoms with Crippen LogP contribution in [0.5, 0.6) is 0 Å². The van der Waals surface area contributed by atoms with Crippen molar-refractivity contribution in [3.05, 3.63) is 0 Å². The number of carbonyl (C=O) groups is 1. The van der Waals surface area contributed by atoms with Gasteiger partial charge in [-0.05, 0) is 13.8 Å². The highest BCUT2D eigenvalue weighted by Gasteiger charge is 2.14. The zero-order valence-corrected chi connectivity index (χ0v) is 8.84. The van der Waals surface area contributed by atoms with E-state index in [1.807, 2.05) is 0 Å². The highest BCUT2D eigenvalue weighted by atomic mass is 32.2. The molecule has 0 bridgehead atoms. The summed E-state index contributed by atoms with van der Waals surface area (Å²) in [5.41, 5.74) is 5.51. The maximum Gasteiger partial charge on any atom is 0.323 e. The maximum absolute atomic E-state index is 11.0. The zero-order valence-electron chi connectivity index (χ0n) is 8.03. The van der Waals surface area contributed by atoms with Gasteiger partial charge >= 0.3 is 5.97 Å². The summed E-state index contributed by atoms with van der Waals surface area (Å²) in [6, 6.07) is -0.580. The minimum absolute atomic E-state index is 0.355. The summed E-state index contributed by atoms with van der Waals surface area (Å²) in [5.74, 6) is 0.706. The van der Waals surface area contributed by atoms with E-state index < -0.39 is 6.04 Å². The lowest BCUT2D eigenvalue weighted by molar-refractivity contribution is -0.144. The van der Waals surface area contributed by atoms with Crippen molar-refractivity contribution in [2.24, 2.45) is 5.73 Å². The van der Waals surface area contributed by atoms with Gasteiger partial charge in [-0.15, -0.1) is 0 Å².